The minimum Gasteiger partial charge on any atom is -0.326 e. The number of halogens is 4. The normalized spacial score (nSPS) is 20.1. The lowest BCUT2D eigenvalue weighted by atomic mass is 10.00. The Morgan fingerprint density at radius 2 is 1.85 bits per heavy atom. The van der Waals surface area contributed by atoms with Gasteiger partial charge in [0.05, 0.1) is 4.90 Å². The lowest BCUT2D eigenvalue weighted by molar-refractivity contribution is -0.167. The van der Waals surface area contributed by atoms with Crippen LogP contribution in [0.4, 0.5) is 18.9 Å². The molecular formula is C15H21ClF3N3O3S. The molecule has 1 aliphatic rings. The van der Waals surface area contributed by atoms with Crippen molar-refractivity contribution < 1.29 is 26.4 Å². The molecule has 0 spiro atoms. The van der Waals surface area contributed by atoms with Crippen LogP contribution in [0.25, 0.3) is 0 Å². The van der Waals surface area contributed by atoms with Gasteiger partial charge in [-0.2, -0.15) is 17.5 Å². The third-order valence-corrected chi connectivity index (χ3v) is 6.02. The zero-order chi connectivity index (χ0) is 18.8. The third-order valence-electron chi connectivity index (χ3n) is 4.08. The number of nitrogens with two attached hydrogens (primary N) is 1. The molecule has 11 heteroatoms. The van der Waals surface area contributed by atoms with Crippen molar-refractivity contribution in [2.45, 2.75) is 49.3 Å². The van der Waals surface area contributed by atoms with E-state index in [1.165, 1.54) is 16.4 Å². The fourth-order valence-corrected chi connectivity index (χ4v) is 4.58. The first kappa shape index (κ1) is 22.7. The van der Waals surface area contributed by atoms with Gasteiger partial charge >= 0.3 is 12.1 Å². The van der Waals surface area contributed by atoms with Crippen LogP contribution in [0.2, 0.25) is 0 Å². The van der Waals surface area contributed by atoms with Crippen LogP contribution >= 0.6 is 12.4 Å². The maximum atomic E-state index is 12.8. The van der Waals surface area contributed by atoms with E-state index in [1.807, 2.05) is 0 Å². The van der Waals surface area contributed by atoms with Gasteiger partial charge in [-0.1, -0.05) is 6.42 Å². The molecule has 2 unspecified atom stereocenters. The van der Waals surface area contributed by atoms with Gasteiger partial charge in [-0.3, -0.25) is 4.79 Å². The summed E-state index contributed by atoms with van der Waals surface area (Å²) in [5.74, 6) is -2.11. The van der Waals surface area contributed by atoms with E-state index in [0.717, 1.165) is 25.0 Å². The monoisotopic (exact) mass is 415 g/mol. The molecule has 6 nitrogen and oxygen atoms in total. The second-order valence-corrected chi connectivity index (χ2v) is 7.90. The molecule has 1 fully saturated rings. The number of rotatable bonds is 4. The first-order valence-electron chi connectivity index (χ1n) is 7.79. The van der Waals surface area contributed by atoms with Crippen molar-refractivity contribution in [3.8, 4) is 0 Å². The number of benzene rings is 1. The molecule has 3 N–H and O–H groups in total. The highest BCUT2D eigenvalue weighted by molar-refractivity contribution is 7.89. The summed E-state index contributed by atoms with van der Waals surface area (Å²) >= 11 is 0. The standard InChI is InChI=1S/C15H20F3N3O3S.ClH/c1-10(19)13-4-2-3-9-21(13)25(23,24)12-7-5-11(6-8-12)20-14(22)15(16,17)18;/h5-8,10,13H,2-4,9,19H2,1H3,(H,20,22);1H. The predicted octanol–water partition coefficient (Wildman–Crippen LogP) is 2.50. The van der Waals surface area contributed by atoms with E-state index in [0.29, 0.717) is 13.0 Å². The van der Waals surface area contributed by atoms with Crippen LogP contribution in [0.15, 0.2) is 29.2 Å². The zero-order valence-electron chi connectivity index (χ0n) is 14.0. The van der Waals surface area contributed by atoms with E-state index in [4.69, 9.17) is 5.73 Å². The van der Waals surface area contributed by atoms with Gasteiger partial charge in [-0.05, 0) is 44.0 Å². The van der Waals surface area contributed by atoms with Gasteiger partial charge < -0.3 is 11.1 Å². The second-order valence-electron chi connectivity index (χ2n) is 6.01. The van der Waals surface area contributed by atoms with E-state index in [2.05, 4.69) is 0 Å². The van der Waals surface area contributed by atoms with Crippen LogP contribution in [0.1, 0.15) is 26.2 Å². The molecule has 0 bridgehead atoms. The Morgan fingerprint density at radius 1 is 1.27 bits per heavy atom. The minimum absolute atomic E-state index is 0. The molecule has 2 atom stereocenters. The third kappa shape index (κ3) is 5.09. The molecule has 26 heavy (non-hydrogen) atoms. The lowest BCUT2D eigenvalue weighted by Gasteiger charge is -2.36. The van der Waals surface area contributed by atoms with Crippen molar-refractivity contribution in [2.24, 2.45) is 5.73 Å². The van der Waals surface area contributed by atoms with E-state index in [9.17, 15) is 26.4 Å². The van der Waals surface area contributed by atoms with Gasteiger partial charge in [0.2, 0.25) is 10.0 Å². The number of piperidine rings is 1. The predicted molar refractivity (Wildman–Crippen MR) is 93.6 cm³/mol. The molecule has 1 aromatic carbocycles. The highest BCUT2D eigenvalue weighted by Gasteiger charge is 2.39. The summed E-state index contributed by atoms with van der Waals surface area (Å²) in [6.07, 6.45) is -2.73. The van der Waals surface area contributed by atoms with Crippen LogP contribution in [-0.4, -0.2) is 43.4 Å². The molecule has 1 aliphatic heterocycles. The number of alkyl halides is 3. The Kier molecular flexibility index (Phi) is 7.46. The number of hydrogen-bond donors (Lipinski definition) is 2. The van der Waals surface area contributed by atoms with Crippen LogP contribution in [0.5, 0.6) is 0 Å². The van der Waals surface area contributed by atoms with Crippen LogP contribution < -0.4 is 11.1 Å². The summed E-state index contributed by atoms with van der Waals surface area (Å²) < 4.78 is 63.7. The fourth-order valence-electron chi connectivity index (χ4n) is 2.80. The Balaban J connectivity index is 0.00000338. The summed E-state index contributed by atoms with van der Waals surface area (Å²) in [4.78, 5) is 10.9. The van der Waals surface area contributed by atoms with Gasteiger partial charge in [-0.15, -0.1) is 12.4 Å². The summed E-state index contributed by atoms with van der Waals surface area (Å²) in [5, 5.41) is 1.67. The molecule has 0 aromatic heterocycles. The smallest absolute Gasteiger partial charge is 0.326 e. The van der Waals surface area contributed by atoms with Crippen molar-refractivity contribution in [3.05, 3.63) is 24.3 Å². The Bertz CT molecular complexity index is 724. The average molecular weight is 416 g/mol. The number of hydrogen-bond acceptors (Lipinski definition) is 4. The molecule has 0 radical (unpaired) electrons. The van der Waals surface area contributed by atoms with Gasteiger partial charge in [0.15, 0.2) is 0 Å². The highest BCUT2D eigenvalue weighted by atomic mass is 35.5. The van der Waals surface area contributed by atoms with E-state index < -0.39 is 22.1 Å². The van der Waals surface area contributed by atoms with Crippen molar-refractivity contribution in [1.82, 2.24) is 4.31 Å². The number of sulfonamides is 1. The Labute approximate surface area is 156 Å². The first-order chi connectivity index (χ1) is 11.5. The number of amides is 1. The fraction of sp³-hybridized carbons (Fsp3) is 0.533. The minimum atomic E-state index is -5.01. The topological polar surface area (TPSA) is 92.5 Å². The van der Waals surface area contributed by atoms with Gasteiger partial charge in [0, 0.05) is 24.3 Å². The SMILES string of the molecule is CC(N)C1CCCCN1S(=O)(=O)c1ccc(NC(=O)C(F)(F)F)cc1.Cl. The molecule has 1 aromatic rings. The average Bonchev–Trinajstić information content (AvgIpc) is 2.54. The maximum Gasteiger partial charge on any atom is 0.471 e. The van der Waals surface area contributed by atoms with Crippen LogP contribution in [0, 0.1) is 0 Å². The lowest BCUT2D eigenvalue weighted by Crippen LogP contribution is -2.51. The molecule has 0 aliphatic carbocycles. The first-order valence-corrected chi connectivity index (χ1v) is 9.23. The largest absolute Gasteiger partial charge is 0.471 e. The summed E-state index contributed by atoms with van der Waals surface area (Å²) in [6, 6.07) is 3.95. The summed E-state index contributed by atoms with van der Waals surface area (Å²) in [6.45, 7) is 2.09. The van der Waals surface area contributed by atoms with Crippen molar-refractivity contribution in [2.75, 3.05) is 11.9 Å². The number of nitrogens with zero attached hydrogens (tertiary/aromatic N) is 1. The van der Waals surface area contributed by atoms with Gasteiger partial charge in [0.1, 0.15) is 0 Å². The quantitative estimate of drug-likeness (QED) is 0.790. The summed E-state index contributed by atoms with van der Waals surface area (Å²) in [7, 11) is -3.81. The van der Waals surface area contributed by atoms with Crippen LogP contribution in [0.3, 0.4) is 0 Å². The van der Waals surface area contributed by atoms with Gasteiger partial charge in [-0.25, -0.2) is 8.42 Å². The molecule has 1 amide bonds. The summed E-state index contributed by atoms with van der Waals surface area (Å²) in [5.41, 5.74) is 5.76. The number of nitrogens with one attached hydrogen (secondary N) is 1. The van der Waals surface area contributed by atoms with Crippen molar-refractivity contribution in [3.63, 3.8) is 0 Å². The molecule has 0 saturated carbocycles. The van der Waals surface area contributed by atoms with E-state index in [-0.39, 0.29) is 35.1 Å². The number of carbonyl (C=O) groups is 1. The van der Waals surface area contributed by atoms with E-state index >= 15 is 0 Å². The van der Waals surface area contributed by atoms with Gasteiger partial charge in [0.25, 0.3) is 0 Å². The molecular weight excluding hydrogens is 395 g/mol. The van der Waals surface area contributed by atoms with Crippen molar-refractivity contribution in [1.29, 1.82) is 0 Å². The zero-order valence-corrected chi connectivity index (χ0v) is 15.6. The maximum absolute atomic E-state index is 12.8. The second kappa shape index (κ2) is 8.55. The number of anilines is 1. The number of carbonyl (C=O) groups excluding carboxylic acids is 1. The Hall–Kier alpha value is -1.36. The van der Waals surface area contributed by atoms with Crippen LogP contribution in [-0.2, 0) is 14.8 Å². The van der Waals surface area contributed by atoms with E-state index in [1.54, 1.807) is 12.2 Å². The van der Waals surface area contributed by atoms with Crippen molar-refractivity contribution >= 4 is 34.0 Å². The molecule has 148 valence electrons. The Morgan fingerprint density at radius 3 is 2.35 bits per heavy atom. The highest BCUT2D eigenvalue weighted by Crippen LogP contribution is 2.27. The molecule has 2 rings (SSSR count). The molecule has 1 heterocycles. The molecule has 1 saturated heterocycles.